The Morgan fingerprint density at radius 3 is 2.45 bits per heavy atom. The lowest BCUT2D eigenvalue weighted by atomic mass is 9.94. The fourth-order valence-corrected chi connectivity index (χ4v) is 2.68. The molecule has 2 aromatic rings. The van der Waals surface area contributed by atoms with E-state index in [1.807, 2.05) is 54.6 Å². The van der Waals surface area contributed by atoms with Crippen molar-refractivity contribution in [2.45, 2.75) is 12.8 Å². The lowest BCUT2D eigenvalue weighted by Crippen LogP contribution is -2.07. The molecule has 0 spiro atoms. The van der Waals surface area contributed by atoms with Crippen LogP contribution in [0.4, 0.5) is 0 Å². The van der Waals surface area contributed by atoms with Gasteiger partial charge in [-0.3, -0.25) is 4.79 Å². The van der Waals surface area contributed by atoms with Gasteiger partial charge < -0.3 is 9.47 Å². The molecule has 0 saturated carbocycles. The molecule has 2 aromatic carbocycles. The fraction of sp³-hybridized carbons (Fsp3) is 0.211. The summed E-state index contributed by atoms with van der Waals surface area (Å²) < 4.78 is 11.1. The maximum atomic E-state index is 13.0. The standard InChI is InChI=1S/C19H18O3/c1-21-16-11-6-5-10-15(16)18(17-12-7-13-22-17)19(20)14-8-3-2-4-9-14/h2-6,8-11H,7,12-13H2,1H3/b18-17+. The van der Waals surface area contributed by atoms with Crippen LogP contribution in [-0.4, -0.2) is 19.5 Å². The number of para-hydroxylation sites is 1. The summed E-state index contributed by atoms with van der Waals surface area (Å²) in [6, 6.07) is 16.9. The van der Waals surface area contributed by atoms with Gasteiger partial charge in [0.2, 0.25) is 0 Å². The van der Waals surface area contributed by atoms with E-state index in [1.165, 1.54) is 0 Å². The zero-order chi connectivity index (χ0) is 15.4. The molecule has 1 saturated heterocycles. The first-order chi connectivity index (χ1) is 10.8. The van der Waals surface area contributed by atoms with Gasteiger partial charge in [-0.25, -0.2) is 0 Å². The van der Waals surface area contributed by atoms with Crippen LogP contribution in [0.1, 0.15) is 28.8 Å². The Labute approximate surface area is 130 Å². The predicted molar refractivity (Wildman–Crippen MR) is 85.9 cm³/mol. The number of carbonyl (C=O) groups is 1. The number of allylic oxidation sites excluding steroid dienone is 2. The first-order valence-electron chi connectivity index (χ1n) is 7.40. The zero-order valence-electron chi connectivity index (χ0n) is 12.5. The second-order valence-corrected chi connectivity index (χ2v) is 5.15. The van der Waals surface area contributed by atoms with Crippen molar-refractivity contribution in [1.82, 2.24) is 0 Å². The average Bonchev–Trinajstić information content (AvgIpc) is 3.10. The summed E-state index contributed by atoms with van der Waals surface area (Å²) in [4.78, 5) is 13.0. The number of carbonyl (C=O) groups excluding carboxylic acids is 1. The van der Waals surface area contributed by atoms with Crippen molar-refractivity contribution < 1.29 is 14.3 Å². The van der Waals surface area contributed by atoms with E-state index in [4.69, 9.17) is 9.47 Å². The molecule has 0 amide bonds. The molecule has 0 radical (unpaired) electrons. The zero-order valence-corrected chi connectivity index (χ0v) is 12.5. The Morgan fingerprint density at radius 2 is 1.77 bits per heavy atom. The third-order valence-corrected chi connectivity index (χ3v) is 3.74. The van der Waals surface area contributed by atoms with Gasteiger partial charge in [0, 0.05) is 17.5 Å². The molecule has 1 fully saturated rings. The average molecular weight is 294 g/mol. The van der Waals surface area contributed by atoms with Crippen LogP contribution in [0.2, 0.25) is 0 Å². The van der Waals surface area contributed by atoms with Gasteiger partial charge >= 0.3 is 0 Å². The Balaban J connectivity index is 2.14. The highest BCUT2D eigenvalue weighted by Gasteiger charge is 2.25. The van der Waals surface area contributed by atoms with Gasteiger partial charge in [0.1, 0.15) is 11.5 Å². The molecule has 22 heavy (non-hydrogen) atoms. The Kier molecular flexibility index (Phi) is 4.24. The van der Waals surface area contributed by atoms with Crippen LogP contribution in [0.5, 0.6) is 5.75 Å². The summed E-state index contributed by atoms with van der Waals surface area (Å²) in [6.07, 6.45) is 1.72. The van der Waals surface area contributed by atoms with Crippen molar-refractivity contribution in [2.24, 2.45) is 0 Å². The SMILES string of the molecule is COc1ccccc1/C(C(=O)c1ccccc1)=C1/CCCO1. The van der Waals surface area contributed by atoms with Crippen LogP contribution in [0.15, 0.2) is 60.4 Å². The van der Waals surface area contributed by atoms with Crippen molar-refractivity contribution in [2.75, 3.05) is 13.7 Å². The minimum absolute atomic E-state index is 0.0259. The molecule has 0 unspecified atom stereocenters. The van der Waals surface area contributed by atoms with Crippen LogP contribution in [-0.2, 0) is 4.74 Å². The minimum Gasteiger partial charge on any atom is -0.497 e. The van der Waals surface area contributed by atoms with Gasteiger partial charge in [0.15, 0.2) is 5.78 Å². The molecular formula is C19H18O3. The monoisotopic (exact) mass is 294 g/mol. The molecule has 0 N–H and O–H groups in total. The molecule has 3 rings (SSSR count). The highest BCUT2D eigenvalue weighted by molar-refractivity contribution is 6.29. The number of hydrogen-bond donors (Lipinski definition) is 0. The number of hydrogen-bond acceptors (Lipinski definition) is 3. The molecule has 1 heterocycles. The van der Waals surface area contributed by atoms with Gasteiger partial charge in [-0.15, -0.1) is 0 Å². The molecule has 0 atom stereocenters. The van der Waals surface area contributed by atoms with Crippen LogP contribution in [0.25, 0.3) is 5.57 Å². The van der Waals surface area contributed by atoms with Crippen LogP contribution in [0, 0.1) is 0 Å². The van der Waals surface area contributed by atoms with E-state index in [0.29, 0.717) is 23.5 Å². The van der Waals surface area contributed by atoms with E-state index < -0.39 is 0 Å². The van der Waals surface area contributed by atoms with Gasteiger partial charge in [0.25, 0.3) is 0 Å². The highest BCUT2D eigenvalue weighted by Crippen LogP contribution is 2.34. The molecule has 0 aliphatic carbocycles. The first-order valence-corrected chi connectivity index (χ1v) is 7.40. The Hall–Kier alpha value is -2.55. The van der Waals surface area contributed by atoms with Gasteiger partial charge in [0.05, 0.1) is 19.3 Å². The summed E-state index contributed by atoms with van der Waals surface area (Å²) >= 11 is 0. The molecule has 1 aliphatic heterocycles. The molecule has 0 aromatic heterocycles. The van der Waals surface area contributed by atoms with Gasteiger partial charge in [-0.1, -0.05) is 48.5 Å². The second-order valence-electron chi connectivity index (χ2n) is 5.15. The van der Waals surface area contributed by atoms with E-state index in [9.17, 15) is 4.79 Å². The lowest BCUT2D eigenvalue weighted by molar-refractivity contribution is 0.105. The minimum atomic E-state index is -0.0259. The second kappa shape index (κ2) is 6.48. The maximum Gasteiger partial charge on any atom is 0.197 e. The summed E-state index contributed by atoms with van der Waals surface area (Å²) in [5, 5.41) is 0. The quantitative estimate of drug-likeness (QED) is 0.629. The topological polar surface area (TPSA) is 35.5 Å². The van der Waals surface area contributed by atoms with E-state index >= 15 is 0 Å². The number of methoxy groups -OCH3 is 1. The van der Waals surface area contributed by atoms with Crippen molar-refractivity contribution in [3.8, 4) is 5.75 Å². The van der Waals surface area contributed by atoms with Crippen LogP contribution >= 0.6 is 0 Å². The summed E-state index contributed by atoms with van der Waals surface area (Å²) in [6.45, 7) is 0.663. The summed E-state index contributed by atoms with van der Waals surface area (Å²) in [7, 11) is 1.61. The third kappa shape index (κ3) is 2.75. The molecule has 3 nitrogen and oxygen atoms in total. The molecule has 3 heteroatoms. The van der Waals surface area contributed by atoms with Crippen LogP contribution < -0.4 is 4.74 Å². The van der Waals surface area contributed by atoms with Crippen molar-refractivity contribution >= 4 is 11.4 Å². The van der Waals surface area contributed by atoms with E-state index in [2.05, 4.69) is 0 Å². The number of benzene rings is 2. The molecular weight excluding hydrogens is 276 g/mol. The number of rotatable bonds is 4. The van der Waals surface area contributed by atoms with Gasteiger partial charge in [-0.2, -0.15) is 0 Å². The third-order valence-electron chi connectivity index (χ3n) is 3.74. The Morgan fingerprint density at radius 1 is 1.05 bits per heavy atom. The predicted octanol–water partition coefficient (Wildman–Crippen LogP) is 4.10. The summed E-state index contributed by atoms with van der Waals surface area (Å²) in [5.74, 6) is 1.42. The molecule has 0 bridgehead atoms. The van der Waals surface area contributed by atoms with Crippen molar-refractivity contribution in [1.29, 1.82) is 0 Å². The van der Waals surface area contributed by atoms with Gasteiger partial charge in [-0.05, 0) is 12.5 Å². The smallest absolute Gasteiger partial charge is 0.197 e. The lowest BCUT2D eigenvalue weighted by Gasteiger charge is -2.14. The maximum absolute atomic E-state index is 13.0. The fourth-order valence-electron chi connectivity index (χ4n) is 2.68. The van der Waals surface area contributed by atoms with E-state index in [-0.39, 0.29) is 5.78 Å². The van der Waals surface area contributed by atoms with E-state index in [0.717, 1.165) is 24.2 Å². The molecule has 1 aliphatic rings. The van der Waals surface area contributed by atoms with Crippen molar-refractivity contribution in [3.05, 3.63) is 71.5 Å². The highest BCUT2D eigenvalue weighted by atomic mass is 16.5. The normalized spacial score (nSPS) is 16.0. The van der Waals surface area contributed by atoms with Crippen molar-refractivity contribution in [3.63, 3.8) is 0 Å². The first kappa shape index (κ1) is 14.4. The van der Waals surface area contributed by atoms with E-state index in [1.54, 1.807) is 7.11 Å². The number of ketones is 1. The Bertz CT molecular complexity index is 694. The number of ether oxygens (including phenoxy) is 2. The molecule has 112 valence electrons. The largest absolute Gasteiger partial charge is 0.497 e. The number of Topliss-reactive ketones (excluding diaryl/α,β-unsaturated/α-hetero) is 1. The van der Waals surface area contributed by atoms with Crippen LogP contribution in [0.3, 0.4) is 0 Å². The summed E-state index contributed by atoms with van der Waals surface area (Å²) in [5.41, 5.74) is 2.06.